The van der Waals surface area contributed by atoms with E-state index in [2.05, 4.69) is 26.3 Å². The third-order valence-electron chi connectivity index (χ3n) is 6.88. The first kappa shape index (κ1) is 26.5. The number of fused-ring (bicyclic) bond motifs is 1. The third-order valence-corrected chi connectivity index (χ3v) is 6.88. The zero-order valence-corrected chi connectivity index (χ0v) is 21.6. The number of benzene rings is 1. The predicted molar refractivity (Wildman–Crippen MR) is 141 cm³/mol. The number of hydrogen-bond acceptors (Lipinski definition) is 7. The van der Waals surface area contributed by atoms with Crippen LogP contribution in [0.2, 0.25) is 0 Å². The lowest BCUT2D eigenvalue weighted by atomic mass is 10.1. The number of likely N-dealkylation sites (tertiary alicyclic amines) is 1. The van der Waals surface area contributed by atoms with Crippen LogP contribution in [0.15, 0.2) is 41.3 Å². The van der Waals surface area contributed by atoms with Crippen LogP contribution in [-0.4, -0.2) is 44.8 Å². The molecule has 1 aromatic carbocycles. The van der Waals surface area contributed by atoms with Crippen molar-refractivity contribution in [1.82, 2.24) is 24.8 Å². The van der Waals surface area contributed by atoms with Crippen LogP contribution in [0, 0.1) is 6.92 Å². The van der Waals surface area contributed by atoms with Crippen LogP contribution >= 0.6 is 0 Å². The molecule has 1 unspecified atom stereocenters. The maximum atomic E-state index is 13.5. The second-order valence-electron chi connectivity index (χ2n) is 9.69. The number of amides is 2. The summed E-state index contributed by atoms with van der Waals surface area (Å²) in [5.74, 6) is 0.625. The van der Waals surface area contributed by atoms with E-state index in [4.69, 9.17) is 4.74 Å². The fourth-order valence-corrected chi connectivity index (χ4v) is 4.91. The molecule has 0 aliphatic carbocycles. The number of rotatable bonds is 10. The van der Waals surface area contributed by atoms with E-state index < -0.39 is 0 Å². The lowest BCUT2D eigenvalue weighted by Crippen LogP contribution is -2.28. The van der Waals surface area contributed by atoms with Gasteiger partial charge in [-0.05, 0) is 70.0 Å². The number of pyridine rings is 1. The van der Waals surface area contributed by atoms with Gasteiger partial charge < -0.3 is 4.74 Å². The molecule has 1 N–H and O–H groups in total. The van der Waals surface area contributed by atoms with Crippen LogP contribution in [0.5, 0.6) is 5.75 Å². The molecule has 1 saturated heterocycles. The average Bonchev–Trinajstić information content (AvgIpc) is 3.15. The summed E-state index contributed by atoms with van der Waals surface area (Å²) in [6.07, 6.45) is 7.94. The van der Waals surface area contributed by atoms with Crippen molar-refractivity contribution >= 4 is 23.2 Å². The molecule has 1 aliphatic rings. The second kappa shape index (κ2) is 12.6. The van der Waals surface area contributed by atoms with Crippen molar-refractivity contribution < 1.29 is 14.3 Å². The van der Waals surface area contributed by atoms with Crippen molar-refractivity contribution in [1.29, 1.82) is 0 Å². The highest BCUT2D eigenvalue weighted by Gasteiger charge is 2.18. The molecule has 0 saturated carbocycles. The first-order chi connectivity index (χ1) is 18.0. The van der Waals surface area contributed by atoms with Crippen LogP contribution in [0.4, 0.5) is 0 Å². The molecule has 9 heteroatoms. The molecule has 1 fully saturated rings. The van der Waals surface area contributed by atoms with Crippen LogP contribution in [0.25, 0.3) is 10.9 Å². The van der Waals surface area contributed by atoms with Gasteiger partial charge in [-0.3, -0.25) is 34.2 Å². The van der Waals surface area contributed by atoms with Crippen molar-refractivity contribution in [2.24, 2.45) is 0 Å². The molecule has 37 heavy (non-hydrogen) atoms. The third kappa shape index (κ3) is 6.80. The number of nitrogens with one attached hydrogen (secondary N) is 1. The minimum absolute atomic E-state index is 0.126. The monoisotopic (exact) mass is 505 g/mol. The summed E-state index contributed by atoms with van der Waals surface area (Å²) in [6, 6.07) is 9.16. The number of carbonyl (C=O) groups is 2. The van der Waals surface area contributed by atoms with E-state index in [1.165, 1.54) is 31.2 Å². The largest absolute Gasteiger partial charge is 0.486 e. The number of nitrogens with zero attached hydrogens (tertiary/aromatic N) is 4. The number of aryl methyl sites for hydroxylation is 1. The second-order valence-corrected chi connectivity index (χ2v) is 9.69. The smallest absolute Gasteiger partial charge is 0.265 e. The fourth-order valence-electron chi connectivity index (χ4n) is 4.91. The van der Waals surface area contributed by atoms with Crippen LogP contribution < -0.4 is 15.6 Å². The topological polar surface area (TPSA) is 106 Å². The van der Waals surface area contributed by atoms with Gasteiger partial charge in [0, 0.05) is 25.2 Å². The van der Waals surface area contributed by atoms with Crippen molar-refractivity contribution in [3.8, 4) is 5.75 Å². The summed E-state index contributed by atoms with van der Waals surface area (Å²) in [7, 11) is 0. The molecule has 1 atom stereocenters. The van der Waals surface area contributed by atoms with Crippen LogP contribution in [-0.2, 0) is 22.7 Å². The standard InChI is InChI=1S/C28H35N5O4/c1-20(10-13-26(35)30-19-34)33-21(2)31-24-8-7-9-25(27(24)28(33)36)37-18-23-12-11-22(16-29-23)17-32-14-5-3-4-6-15-32/h7-9,11-12,16,19-20H,3-6,10,13-15,17-18H2,1-2H3,(H,30,34,35). The van der Waals surface area contributed by atoms with Crippen molar-refractivity contribution in [3.63, 3.8) is 0 Å². The quantitative estimate of drug-likeness (QED) is 0.419. The van der Waals surface area contributed by atoms with Gasteiger partial charge in [-0.1, -0.05) is 25.0 Å². The number of aromatic nitrogens is 3. The SMILES string of the molecule is Cc1nc2cccc(OCc3ccc(CN4CCCCCC4)cn3)c2c(=O)n1C(C)CCC(=O)NC=O. The van der Waals surface area contributed by atoms with E-state index in [9.17, 15) is 14.4 Å². The summed E-state index contributed by atoms with van der Waals surface area (Å²) in [5.41, 5.74) is 2.31. The number of ether oxygens (including phenoxy) is 1. The van der Waals surface area contributed by atoms with Gasteiger partial charge in [-0.15, -0.1) is 0 Å². The zero-order valence-electron chi connectivity index (χ0n) is 21.6. The molecule has 9 nitrogen and oxygen atoms in total. The van der Waals surface area contributed by atoms with E-state index in [1.807, 2.05) is 25.3 Å². The Morgan fingerprint density at radius 1 is 1.16 bits per heavy atom. The maximum Gasteiger partial charge on any atom is 0.265 e. The number of carbonyl (C=O) groups excluding carboxylic acids is 2. The first-order valence-electron chi connectivity index (χ1n) is 13.0. The first-order valence-corrected chi connectivity index (χ1v) is 13.0. The predicted octanol–water partition coefficient (Wildman–Crippen LogP) is 3.67. The van der Waals surface area contributed by atoms with Gasteiger partial charge in [-0.2, -0.15) is 0 Å². The van der Waals surface area contributed by atoms with E-state index in [1.54, 1.807) is 23.6 Å². The van der Waals surface area contributed by atoms with Gasteiger partial charge >= 0.3 is 0 Å². The van der Waals surface area contributed by atoms with Crippen LogP contribution in [0.3, 0.4) is 0 Å². The Morgan fingerprint density at radius 3 is 2.65 bits per heavy atom. The molecule has 0 bridgehead atoms. The fraction of sp³-hybridized carbons (Fsp3) is 0.464. The highest BCUT2D eigenvalue weighted by atomic mass is 16.5. The van der Waals surface area contributed by atoms with E-state index in [0.29, 0.717) is 35.3 Å². The lowest BCUT2D eigenvalue weighted by Gasteiger charge is -2.19. The summed E-state index contributed by atoms with van der Waals surface area (Å²) >= 11 is 0. The van der Waals surface area contributed by atoms with Gasteiger partial charge in [-0.25, -0.2) is 4.98 Å². The average molecular weight is 506 g/mol. The molecular formula is C28H35N5O4. The highest BCUT2D eigenvalue weighted by molar-refractivity contribution is 5.86. The Hall–Kier alpha value is -3.59. The Bertz CT molecular complexity index is 1280. The van der Waals surface area contributed by atoms with Gasteiger partial charge in [0.15, 0.2) is 0 Å². The van der Waals surface area contributed by atoms with Gasteiger partial charge in [0.25, 0.3) is 5.56 Å². The van der Waals surface area contributed by atoms with E-state index >= 15 is 0 Å². The van der Waals surface area contributed by atoms with E-state index in [0.717, 1.165) is 25.3 Å². The summed E-state index contributed by atoms with van der Waals surface area (Å²) < 4.78 is 7.65. The summed E-state index contributed by atoms with van der Waals surface area (Å²) in [6.45, 7) is 7.06. The maximum absolute atomic E-state index is 13.5. The van der Waals surface area contributed by atoms with Crippen molar-refractivity contribution in [3.05, 3.63) is 64.0 Å². The summed E-state index contributed by atoms with van der Waals surface area (Å²) in [5, 5.41) is 2.53. The van der Waals surface area contributed by atoms with E-state index in [-0.39, 0.29) is 30.5 Å². The summed E-state index contributed by atoms with van der Waals surface area (Å²) in [4.78, 5) is 47.4. The Kier molecular flexibility index (Phi) is 9.00. The highest BCUT2D eigenvalue weighted by Crippen LogP contribution is 2.24. The molecule has 2 amide bonds. The minimum Gasteiger partial charge on any atom is -0.486 e. The van der Waals surface area contributed by atoms with Gasteiger partial charge in [0.2, 0.25) is 12.3 Å². The molecule has 3 aromatic rings. The molecule has 2 aromatic heterocycles. The van der Waals surface area contributed by atoms with Gasteiger partial charge in [0.1, 0.15) is 23.6 Å². The Labute approximate surface area is 216 Å². The van der Waals surface area contributed by atoms with Gasteiger partial charge in [0.05, 0.1) is 11.2 Å². The lowest BCUT2D eigenvalue weighted by molar-refractivity contribution is -0.125. The number of imide groups is 1. The molecule has 0 radical (unpaired) electrons. The molecule has 4 rings (SSSR count). The normalized spacial score (nSPS) is 15.2. The molecule has 196 valence electrons. The Morgan fingerprint density at radius 2 is 1.95 bits per heavy atom. The molecule has 1 aliphatic heterocycles. The molecule has 3 heterocycles. The zero-order chi connectivity index (χ0) is 26.2. The minimum atomic E-state index is -0.379. The van der Waals surface area contributed by atoms with Crippen LogP contribution in [0.1, 0.15) is 68.6 Å². The van der Waals surface area contributed by atoms with Crippen molar-refractivity contribution in [2.45, 2.75) is 71.6 Å². The molecule has 0 spiro atoms. The van der Waals surface area contributed by atoms with Crippen molar-refractivity contribution in [2.75, 3.05) is 13.1 Å². The Balaban J connectivity index is 1.48. The molecular weight excluding hydrogens is 470 g/mol. The number of hydrogen-bond donors (Lipinski definition) is 1.